The fourth-order valence-electron chi connectivity index (χ4n) is 5.56. The van der Waals surface area contributed by atoms with Crippen LogP contribution >= 0.6 is 0 Å². The molecule has 6 unspecified atom stereocenters. The molecule has 19 heavy (non-hydrogen) atoms. The van der Waals surface area contributed by atoms with Crippen molar-refractivity contribution in [3.63, 3.8) is 0 Å². The number of unbranched alkanes of at least 4 members (excludes halogenated alkanes) is 1. The Hall–Kier alpha value is -0.0400. The number of rotatable bonds is 7. The third-order valence-electron chi connectivity index (χ3n) is 6.64. The lowest BCUT2D eigenvalue weighted by molar-refractivity contribution is 0.202. The van der Waals surface area contributed by atoms with E-state index < -0.39 is 0 Å². The average Bonchev–Trinajstić information content (AvgIpc) is 3.11. The van der Waals surface area contributed by atoms with Crippen LogP contribution in [-0.2, 0) is 0 Å². The third-order valence-corrected chi connectivity index (χ3v) is 6.64. The van der Waals surface area contributed by atoms with E-state index in [0.717, 1.165) is 35.6 Å². The van der Waals surface area contributed by atoms with Crippen LogP contribution in [0.4, 0.5) is 0 Å². The van der Waals surface area contributed by atoms with Crippen LogP contribution in [0.25, 0.3) is 0 Å². The van der Waals surface area contributed by atoms with E-state index in [-0.39, 0.29) is 0 Å². The lowest BCUT2D eigenvalue weighted by Crippen LogP contribution is -2.41. The van der Waals surface area contributed by atoms with Crippen LogP contribution < -0.4 is 5.32 Å². The van der Waals surface area contributed by atoms with Gasteiger partial charge in [0.2, 0.25) is 0 Å². The van der Waals surface area contributed by atoms with E-state index in [2.05, 4.69) is 19.2 Å². The Morgan fingerprint density at radius 3 is 2.68 bits per heavy atom. The Balaban J connectivity index is 1.46. The second kappa shape index (κ2) is 6.16. The molecular weight excluding hydrogens is 230 g/mol. The highest BCUT2D eigenvalue weighted by Crippen LogP contribution is 2.58. The molecule has 0 spiro atoms. The molecule has 0 aromatic carbocycles. The molecule has 0 aromatic heterocycles. The molecule has 3 rings (SSSR count). The van der Waals surface area contributed by atoms with Crippen molar-refractivity contribution in [3.05, 3.63) is 0 Å². The van der Waals surface area contributed by atoms with Crippen LogP contribution in [0.5, 0.6) is 0 Å². The van der Waals surface area contributed by atoms with Crippen molar-refractivity contribution in [1.29, 1.82) is 0 Å². The van der Waals surface area contributed by atoms with Gasteiger partial charge in [-0.25, -0.2) is 0 Å². The summed E-state index contributed by atoms with van der Waals surface area (Å²) in [4.78, 5) is 0. The Labute approximate surface area is 119 Å². The van der Waals surface area contributed by atoms with Gasteiger partial charge in [-0.15, -0.1) is 0 Å². The van der Waals surface area contributed by atoms with Crippen LogP contribution in [-0.4, -0.2) is 12.6 Å². The minimum absolute atomic E-state index is 0.889. The molecule has 2 bridgehead atoms. The molecule has 0 aromatic rings. The van der Waals surface area contributed by atoms with Crippen molar-refractivity contribution in [2.45, 2.75) is 77.7 Å². The van der Waals surface area contributed by atoms with Crippen molar-refractivity contribution in [2.75, 3.05) is 6.54 Å². The third kappa shape index (κ3) is 2.73. The maximum absolute atomic E-state index is 3.99. The van der Waals surface area contributed by atoms with E-state index in [9.17, 15) is 0 Å². The van der Waals surface area contributed by atoms with Gasteiger partial charge in [-0.1, -0.05) is 39.5 Å². The van der Waals surface area contributed by atoms with E-state index in [1.165, 1.54) is 45.1 Å². The van der Waals surface area contributed by atoms with Crippen LogP contribution in [0.15, 0.2) is 0 Å². The van der Waals surface area contributed by atoms with E-state index in [4.69, 9.17) is 0 Å². The van der Waals surface area contributed by atoms with Gasteiger partial charge in [0.05, 0.1) is 0 Å². The first-order chi connectivity index (χ1) is 9.33. The highest BCUT2D eigenvalue weighted by Gasteiger charge is 2.53. The predicted octanol–water partition coefficient (Wildman–Crippen LogP) is 4.62. The molecule has 110 valence electrons. The Morgan fingerprint density at radius 2 is 1.89 bits per heavy atom. The molecule has 0 saturated heterocycles. The zero-order valence-corrected chi connectivity index (χ0v) is 13.0. The molecule has 3 saturated carbocycles. The van der Waals surface area contributed by atoms with Crippen LogP contribution in [0.1, 0.15) is 71.6 Å². The van der Waals surface area contributed by atoms with Crippen LogP contribution in [0.3, 0.4) is 0 Å². The lowest BCUT2D eigenvalue weighted by atomic mass is 9.79. The highest BCUT2D eigenvalue weighted by atomic mass is 14.9. The van der Waals surface area contributed by atoms with Crippen molar-refractivity contribution >= 4 is 0 Å². The predicted molar refractivity (Wildman–Crippen MR) is 82.1 cm³/mol. The molecule has 1 heteroatoms. The van der Waals surface area contributed by atoms with Gasteiger partial charge in [0.15, 0.2) is 0 Å². The lowest BCUT2D eigenvalue weighted by Gasteiger charge is -2.33. The second-order valence-electron chi connectivity index (χ2n) is 7.59. The molecule has 0 heterocycles. The van der Waals surface area contributed by atoms with E-state index in [1.807, 2.05) is 0 Å². The van der Waals surface area contributed by atoms with E-state index in [1.54, 1.807) is 19.3 Å². The molecule has 0 radical (unpaired) electrons. The molecule has 1 N–H and O–H groups in total. The smallest absolute Gasteiger partial charge is 0.0101 e. The summed E-state index contributed by atoms with van der Waals surface area (Å²) in [7, 11) is 0. The Kier molecular flexibility index (Phi) is 4.51. The highest BCUT2D eigenvalue weighted by molar-refractivity contribution is 5.05. The number of hydrogen-bond acceptors (Lipinski definition) is 1. The molecule has 0 amide bonds. The van der Waals surface area contributed by atoms with Gasteiger partial charge >= 0.3 is 0 Å². The standard InChI is InChI=1S/C18H33N/c1-3-5-7-13(4-2)12-19-18-11-14-10-17(18)16-9-6-8-15(14)16/h13-19H,3-12H2,1-2H3. The first-order valence-corrected chi connectivity index (χ1v) is 9.06. The largest absolute Gasteiger partial charge is 0.313 e. The number of hydrogen-bond donors (Lipinski definition) is 1. The maximum atomic E-state index is 3.99. The van der Waals surface area contributed by atoms with Crippen molar-refractivity contribution < 1.29 is 0 Å². The monoisotopic (exact) mass is 263 g/mol. The summed E-state index contributed by atoms with van der Waals surface area (Å²) in [5.74, 6) is 5.35. The maximum Gasteiger partial charge on any atom is 0.0101 e. The van der Waals surface area contributed by atoms with Gasteiger partial charge in [-0.3, -0.25) is 0 Å². The summed E-state index contributed by atoms with van der Waals surface area (Å²) in [5.41, 5.74) is 0. The Morgan fingerprint density at radius 1 is 1.05 bits per heavy atom. The first kappa shape index (κ1) is 13.9. The molecule has 3 aliphatic rings. The van der Waals surface area contributed by atoms with E-state index in [0.29, 0.717) is 0 Å². The second-order valence-corrected chi connectivity index (χ2v) is 7.59. The minimum Gasteiger partial charge on any atom is -0.313 e. The topological polar surface area (TPSA) is 12.0 Å². The summed E-state index contributed by atoms with van der Waals surface area (Å²) < 4.78 is 0. The number of fused-ring (bicyclic) bond motifs is 5. The van der Waals surface area contributed by atoms with Gasteiger partial charge in [0, 0.05) is 6.04 Å². The normalized spacial score (nSPS) is 41.7. The number of nitrogens with one attached hydrogen (secondary N) is 1. The van der Waals surface area contributed by atoms with Gasteiger partial charge in [0.25, 0.3) is 0 Å². The molecular formula is C18H33N. The van der Waals surface area contributed by atoms with Gasteiger partial charge < -0.3 is 5.32 Å². The van der Waals surface area contributed by atoms with E-state index >= 15 is 0 Å². The van der Waals surface area contributed by atoms with Gasteiger partial charge in [0.1, 0.15) is 0 Å². The zero-order valence-electron chi connectivity index (χ0n) is 13.0. The molecule has 3 aliphatic carbocycles. The summed E-state index contributed by atoms with van der Waals surface area (Å²) in [6, 6.07) is 0.889. The van der Waals surface area contributed by atoms with Gasteiger partial charge in [-0.2, -0.15) is 0 Å². The molecule has 0 aliphatic heterocycles. The zero-order chi connectivity index (χ0) is 13.2. The molecule has 3 fully saturated rings. The Bertz CT molecular complexity index is 287. The fourth-order valence-corrected chi connectivity index (χ4v) is 5.56. The minimum atomic E-state index is 0.889. The van der Waals surface area contributed by atoms with Crippen LogP contribution in [0, 0.1) is 29.6 Å². The fraction of sp³-hybridized carbons (Fsp3) is 1.00. The molecule has 6 atom stereocenters. The summed E-state index contributed by atoms with van der Waals surface area (Å²) in [6.45, 7) is 5.98. The average molecular weight is 263 g/mol. The summed E-state index contributed by atoms with van der Waals surface area (Å²) in [5, 5.41) is 3.99. The quantitative estimate of drug-likeness (QED) is 0.707. The first-order valence-electron chi connectivity index (χ1n) is 9.06. The van der Waals surface area contributed by atoms with Gasteiger partial charge in [-0.05, 0) is 68.2 Å². The summed E-state index contributed by atoms with van der Waals surface area (Å²) in [6.07, 6.45) is 13.3. The van der Waals surface area contributed by atoms with Crippen LogP contribution in [0.2, 0.25) is 0 Å². The van der Waals surface area contributed by atoms with Crippen molar-refractivity contribution in [1.82, 2.24) is 5.32 Å². The SMILES string of the molecule is CCCCC(CC)CNC1CC2CC1C1CCCC21. The molecule has 1 nitrogen and oxygen atoms in total. The van der Waals surface area contributed by atoms with Crippen molar-refractivity contribution in [2.24, 2.45) is 29.6 Å². The van der Waals surface area contributed by atoms with Crippen molar-refractivity contribution in [3.8, 4) is 0 Å². The summed E-state index contributed by atoms with van der Waals surface area (Å²) >= 11 is 0.